The summed E-state index contributed by atoms with van der Waals surface area (Å²) in [7, 11) is 1.70. The Hall–Kier alpha value is -1.12. The first-order valence-corrected chi connectivity index (χ1v) is 4.49. The van der Waals surface area contributed by atoms with Gasteiger partial charge in [-0.2, -0.15) is 5.10 Å². The van der Waals surface area contributed by atoms with Crippen LogP contribution in [0.15, 0.2) is 4.79 Å². The molecule has 1 aromatic heterocycles. The van der Waals surface area contributed by atoms with Gasteiger partial charge in [-0.05, 0) is 25.3 Å². The summed E-state index contributed by atoms with van der Waals surface area (Å²) in [5, 5.41) is 4.24. The maximum atomic E-state index is 11.5. The first kappa shape index (κ1) is 9.96. The number of nitrogens with zero attached hydrogens (tertiary/aromatic N) is 2. The van der Waals surface area contributed by atoms with Crippen LogP contribution in [0.25, 0.3) is 0 Å². The fraction of sp³-hybridized carbons (Fsp3) is 0.600. The predicted molar refractivity (Wildman–Crippen MR) is 53.0 cm³/mol. The molecule has 0 aliphatic carbocycles. The molecule has 0 saturated carbocycles. The van der Waals surface area contributed by atoms with E-state index in [-0.39, 0.29) is 5.56 Å². The second-order valence-electron chi connectivity index (χ2n) is 3.72. The molecule has 0 atom stereocenters. The molecule has 0 spiro atoms. The molecule has 1 heterocycles. The van der Waals surface area contributed by atoms with E-state index in [1.807, 2.05) is 13.8 Å². The van der Waals surface area contributed by atoms with Crippen LogP contribution in [0.3, 0.4) is 0 Å². The molecule has 0 N–H and O–H groups in total. The summed E-state index contributed by atoms with van der Waals surface area (Å²) in [6, 6.07) is 0. The summed E-state index contributed by atoms with van der Waals surface area (Å²) in [6.45, 7) is 7.97. The van der Waals surface area contributed by atoms with Crippen molar-refractivity contribution >= 4 is 0 Å². The Balaban J connectivity index is 3.50. The zero-order valence-corrected chi connectivity index (χ0v) is 8.88. The smallest absolute Gasteiger partial charge is 0.268 e. The van der Waals surface area contributed by atoms with E-state index in [4.69, 9.17) is 0 Å². The van der Waals surface area contributed by atoms with Gasteiger partial charge in [0.2, 0.25) is 0 Å². The molecular weight excluding hydrogens is 164 g/mol. The standard InChI is InChI=1S/C10H16N2O/c1-6(2)9-7(3)8(4)10(13)12(5)11-9/h6H,1-5H3. The minimum atomic E-state index is 0.00176. The molecule has 72 valence electrons. The van der Waals surface area contributed by atoms with Gasteiger partial charge in [0.25, 0.3) is 5.56 Å². The molecule has 1 aromatic rings. The lowest BCUT2D eigenvalue weighted by atomic mass is 10.0. The molecule has 3 nitrogen and oxygen atoms in total. The zero-order valence-electron chi connectivity index (χ0n) is 8.88. The van der Waals surface area contributed by atoms with Gasteiger partial charge in [0.05, 0.1) is 5.69 Å². The van der Waals surface area contributed by atoms with Gasteiger partial charge >= 0.3 is 0 Å². The zero-order chi connectivity index (χ0) is 10.2. The fourth-order valence-corrected chi connectivity index (χ4v) is 1.43. The highest BCUT2D eigenvalue weighted by Crippen LogP contribution is 2.15. The van der Waals surface area contributed by atoms with Gasteiger partial charge in [-0.25, -0.2) is 4.68 Å². The van der Waals surface area contributed by atoms with Crippen LogP contribution in [0, 0.1) is 13.8 Å². The van der Waals surface area contributed by atoms with Gasteiger partial charge in [-0.15, -0.1) is 0 Å². The van der Waals surface area contributed by atoms with Crippen LogP contribution in [0.2, 0.25) is 0 Å². The van der Waals surface area contributed by atoms with E-state index in [0.717, 1.165) is 16.8 Å². The van der Waals surface area contributed by atoms with E-state index in [2.05, 4.69) is 18.9 Å². The molecule has 1 rings (SSSR count). The van der Waals surface area contributed by atoms with Crippen molar-refractivity contribution in [1.29, 1.82) is 0 Å². The van der Waals surface area contributed by atoms with E-state index in [0.29, 0.717) is 5.92 Å². The monoisotopic (exact) mass is 180 g/mol. The summed E-state index contributed by atoms with van der Waals surface area (Å²) in [5.41, 5.74) is 2.85. The van der Waals surface area contributed by atoms with Crippen LogP contribution in [0.5, 0.6) is 0 Å². The lowest BCUT2D eigenvalue weighted by Crippen LogP contribution is -2.25. The normalized spacial score (nSPS) is 10.9. The fourth-order valence-electron chi connectivity index (χ4n) is 1.43. The molecule has 0 radical (unpaired) electrons. The first-order valence-electron chi connectivity index (χ1n) is 4.49. The highest BCUT2D eigenvalue weighted by atomic mass is 16.1. The van der Waals surface area contributed by atoms with Crippen LogP contribution < -0.4 is 5.56 Å². The average Bonchev–Trinajstić information content (AvgIpc) is 2.07. The molecular formula is C10H16N2O. The van der Waals surface area contributed by atoms with Crippen LogP contribution in [-0.4, -0.2) is 9.78 Å². The molecule has 13 heavy (non-hydrogen) atoms. The van der Waals surface area contributed by atoms with E-state index >= 15 is 0 Å². The van der Waals surface area contributed by atoms with Gasteiger partial charge < -0.3 is 0 Å². The van der Waals surface area contributed by atoms with Crippen molar-refractivity contribution < 1.29 is 0 Å². The Morgan fingerprint density at radius 1 is 1.23 bits per heavy atom. The quantitative estimate of drug-likeness (QED) is 0.656. The van der Waals surface area contributed by atoms with Gasteiger partial charge in [0.1, 0.15) is 0 Å². The number of aromatic nitrogens is 2. The number of hydrogen-bond donors (Lipinski definition) is 0. The predicted octanol–water partition coefficient (Wildman–Crippen LogP) is 1.52. The number of rotatable bonds is 1. The van der Waals surface area contributed by atoms with Crippen LogP contribution in [0.4, 0.5) is 0 Å². The Bertz CT molecular complexity index is 377. The molecule has 0 aromatic carbocycles. The van der Waals surface area contributed by atoms with E-state index < -0.39 is 0 Å². The third-order valence-corrected chi connectivity index (χ3v) is 2.37. The Morgan fingerprint density at radius 2 is 1.77 bits per heavy atom. The van der Waals surface area contributed by atoms with E-state index in [9.17, 15) is 4.79 Å². The van der Waals surface area contributed by atoms with Crippen molar-refractivity contribution in [3.63, 3.8) is 0 Å². The second kappa shape index (κ2) is 3.32. The Morgan fingerprint density at radius 3 is 2.23 bits per heavy atom. The average molecular weight is 180 g/mol. The minimum absolute atomic E-state index is 0.00176. The third kappa shape index (κ3) is 1.64. The van der Waals surface area contributed by atoms with Crippen molar-refractivity contribution in [2.75, 3.05) is 0 Å². The summed E-state index contributed by atoms with van der Waals surface area (Å²) in [6.07, 6.45) is 0. The van der Waals surface area contributed by atoms with Crippen molar-refractivity contribution in [2.45, 2.75) is 33.6 Å². The van der Waals surface area contributed by atoms with Crippen LogP contribution in [0.1, 0.15) is 36.6 Å². The molecule has 0 unspecified atom stereocenters. The van der Waals surface area contributed by atoms with Crippen molar-refractivity contribution in [2.24, 2.45) is 7.05 Å². The highest BCUT2D eigenvalue weighted by molar-refractivity contribution is 5.27. The highest BCUT2D eigenvalue weighted by Gasteiger charge is 2.11. The molecule has 0 fully saturated rings. The minimum Gasteiger partial charge on any atom is -0.268 e. The molecule has 0 amide bonds. The van der Waals surface area contributed by atoms with Gasteiger partial charge in [-0.3, -0.25) is 4.79 Å². The first-order chi connectivity index (χ1) is 5.95. The molecule has 0 bridgehead atoms. The summed E-state index contributed by atoms with van der Waals surface area (Å²) < 4.78 is 1.41. The topological polar surface area (TPSA) is 34.9 Å². The molecule has 0 saturated heterocycles. The number of hydrogen-bond acceptors (Lipinski definition) is 2. The maximum Gasteiger partial charge on any atom is 0.269 e. The largest absolute Gasteiger partial charge is 0.269 e. The Labute approximate surface area is 78.4 Å². The summed E-state index contributed by atoms with van der Waals surface area (Å²) >= 11 is 0. The van der Waals surface area contributed by atoms with E-state index in [1.165, 1.54) is 4.68 Å². The van der Waals surface area contributed by atoms with Crippen LogP contribution in [-0.2, 0) is 7.05 Å². The molecule has 0 aliphatic heterocycles. The lowest BCUT2D eigenvalue weighted by Gasteiger charge is -2.11. The van der Waals surface area contributed by atoms with Crippen molar-refractivity contribution in [3.8, 4) is 0 Å². The Kier molecular flexibility index (Phi) is 2.55. The van der Waals surface area contributed by atoms with Crippen molar-refractivity contribution in [1.82, 2.24) is 9.78 Å². The van der Waals surface area contributed by atoms with Crippen molar-refractivity contribution in [3.05, 3.63) is 27.2 Å². The molecule has 0 aliphatic rings. The summed E-state index contributed by atoms with van der Waals surface area (Å²) in [4.78, 5) is 11.5. The van der Waals surface area contributed by atoms with Gasteiger partial charge in [-0.1, -0.05) is 13.8 Å². The van der Waals surface area contributed by atoms with E-state index in [1.54, 1.807) is 7.05 Å². The SMILES string of the molecule is Cc1c(C(C)C)nn(C)c(=O)c1C. The lowest BCUT2D eigenvalue weighted by molar-refractivity contribution is 0.640. The summed E-state index contributed by atoms with van der Waals surface area (Å²) in [5.74, 6) is 0.366. The van der Waals surface area contributed by atoms with Gasteiger partial charge in [0.15, 0.2) is 0 Å². The number of aryl methyl sites for hydroxylation is 1. The van der Waals surface area contributed by atoms with Gasteiger partial charge in [0, 0.05) is 12.6 Å². The molecule has 3 heteroatoms. The van der Waals surface area contributed by atoms with Crippen LogP contribution >= 0.6 is 0 Å². The third-order valence-electron chi connectivity index (χ3n) is 2.37. The maximum absolute atomic E-state index is 11.5. The second-order valence-corrected chi connectivity index (χ2v) is 3.72.